The largest absolute Gasteiger partial charge is 0.456 e. The number of ether oxygens (including phenoxy) is 2. The Kier molecular flexibility index (Phi) is 1.86. The first kappa shape index (κ1) is 10.8. The van der Waals surface area contributed by atoms with Crippen LogP contribution in [0.1, 0.15) is 40.0 Å². The van der Waals surface area contributed by atoms with Crippen LogP contribution >= 0.6 is 0 Å². The quantitative estimate of drug-likeness (QED) is 0.603. The molecule has 2 atom stereocenters. The molecule has 0 N–H and O–H groups in total. The molecule has 0 amide bonds. The second kappa shape index (κ2) is 2.92. The number of ketones is 1. The van der Waals surface area contributed by atoms with E-state index in [4.69, 9.17) is 9.47 Å². The lowest BCUT2D eigenvalue weighted by atomic mass is 9.73. The molecule has 0 aromatic carbocycles. The minimum atomic E-state index is -0.933. The van der Waals surface area contributed by atoms with E-state index >= 15 is 0 Å². The first-order chi connectivity index (χ1) is 7.81. The van der Waals surface area contributed by atoms with E-state index in [2.05, 4.69) is 13.8 Å². The molecule has 4 nitrogen and oxygen atoms in total. The third kappa shape index (κ3) is 1.43. The summed E-state index contributed by atoms with van der Waals surface area (Å²) in [6.45, 7) is 5.86. The van der Waals surface area contributed by atoms with E-state index in [9.17, 15) is 9.59 Å². The number of hydrogen-bond donors (Lipinski definition) is 0. The van der Waals surface area contributed by atoms with Gasteiger partial charge < -0.3 is 9.47 Å². The maximum atomic E-state index is 12.2. The van der Waals surface area contributed by atoms with Gasteiger partial charge in [-0.3, -0.25) is 9.59 Å². The molecule has 1 aliphatic carbocycles. The number of esters is 1. The Balaban J connectivity index is 2.02. The second-order valence-corrected chi connectivity index (χ2v) is 6.13. The van der Waals surface area contributed by atoms with Crippen molar-refractivity contribution in [3.8, 4) is 0 Å². The summed E-state index contributed by atoms with van der Waals surface area (Å²) in [4.78, 5) is 23.5. The van der Waals surface area contributed by atoms with Gasteiger partial charge in [-0.1, -0.05) is 13.8 Å². The Labute approximate surface area is 100.0 Å². The van der Waals surface area contributed by atoms with Crippen molar-refractivity contribution in [2.75, 3.05) is 0 Å². The first-order valence-electron chi connectivity index (χ1n) is 5.98. The van der Waals surface area contributed by atoms with Crippen molar-refractivity contribution in [3.05, 3.63) is 11.3 Å². The zero-order valence-corrected chi connectivity index (χ0v) is 10.3. The Hall–Kier alpha value is -1.32. The van der Waals surface area contributed by atoms with Crippen molar-refractivity contribution in [1.82, 2.24) is 0 Å². The average molecular weight is 236 g/mol. The van der Waals surface area contributed by atoms with Crippen LogP contribution in [0.15, 0.2) is 11.3 Å². The van der Waals surface area contributed by atoms with Crippen LogP contribution in [-0.4, -0.2) is 17.5 Å². The summed E-state index contributed by atoms with van der Waals surface area (Å²) in [7, 11) is 0. The van der Waals surface area contributed by atoms with Crippen LogP contribution in [0.25, 0.3) is 0 Å². The van der Waals surface area contributed by atoms with Gasteiger partial charge in [-0.05, 0) is 5.41 Å². The molecular formula is C13H16O4. The lowest BCUT2D eigenvalue weighted by molar-refractivity contribution is -0.189. The van der Waals surface area contributed by atoms with E-state index in [1.54, 1.807) is 6.92 Å². The van der Waals surface area contributed by atoms with E-state index in [0.717, 1.165) is 12.2 Å². The van der Waals surface area contributed by atoms with Crippen LogP contribution in [-0.2, 0) is 19.1 Å². The zero-order chi connectivity index (χ0) is 12.4. The molecule has 1 saturated heterocycles. The van der Waals surface area contributed by atoms with Gasteiger partial charge in [0.15, 0.2) is 5.78 Å². The van der Waals surface area contributed by atoms with E-state index in [1.165, 1.54) is 0 Å². The summed E-state index contributed by atoms with van der Waals surface area (Å²) in [5.74, 6) is -0.553. The summed E-state index contributed by atoms with van der Waals surface area (Å²) in [6, 6.07) is 0. The fourth-order valence-corrected chi connectivity index (χ4v) is 3.15. The molecular weight excluding hydrogens is 220 g/mol. The molecule has 2 aliphatic heterocycles. The number of Topliss-reactive ketones (excluding diaryl/α,β-unsaturated/α-hetero) is 1. The fourth-order valence-electron chi connectivity index (χ4n) is 3.15. The van der Waals surface area contributed by atoms with Crippen molar-refractivity contribution >= 4 is 11.8 Å². The van der Waals surface area contributed by atoms with Crippen LogP contribution in [0.5, 0.6) is 0 Å². The molecule has 3 aliphatic rings. The van der Waals surface area contributed by atoms with Gasteiger partial charge in [-0.15, -0.1) is 0 Å². The standard InChI is InChI=1S/C13H16O4/c1-12(2)5-8(14)11-7-4-10(15)17-13(7,3)16-9(11)6-12/h7H,4-6H2,1-3H3/t7-,13+/m0/s1. The van der Waals surface area contributed by atoms with Crippen molar-refractivity contribution in [3.63, 3.8) is 0 Å². The van der Waals surface area contributed by atoms with Crippen LogP contribution in [0.2, 0.25) is 0 Å². The zero-order valence-electron chi connectivity index (χ0n) is 10.3. The number of allylic oxidation sites excluding steroid dienone is 1. The molecule has 0 radical (unpaired) electrons. The van der Waals surface area contributed by atoms with Crippen LogP contribution in [0.3, 0.4) is 0 Å². The third-order valence-electron chi connectivity index (χ3n) is 3.87. The van der Waals surface area contributed by atoms with Gasteiger partial charge in [0.2, 0.25) is 0 Å². The molecule has 4 heteroatoms. The molecule has 0 saturated carbocycles. The van der Waals surface area contributed by atoms with E-state index in [1.807, 2.05) is 0 Å². The lowest BCUT2D eigenvalue weighted by Gasteiger charge is -2.29. The summed E-state index contributed by atoms with van der Waals surface area (Å²) >= 11 is 0. The summed E-state index contributed by atoms with van der Waals surface area (Å²) in [5, 5.41) is 0. The molecule has 0 bridgehead atoms. The Bertz CT molecular complexity index is 460. The minimum Gasteiger partial charge on any atom is -0.456 e. The van der Waals surface area contributed by atoms with Crippen LogP contribution < -0.4 is 0 Å². The van der Waals surface area contributed by atoms with E-state index in [0.29, 0.717) is 12.0 Å². The van der Waals surface area contributed by atoms with Gasteiger partial charge in [0.25, 0.3) is 5.79 Å². The average Bonchev–Trinajstić information content (AvgIpc) is 2.49. The Morgan fingerprint density at radius 3 is 2.53 bits per heavy atom. The predicted molar refractivity (Wildman–Crippen MR) is 58.7 cm³/mol. The molecule has 0 aromatic heterocycles. The normalized spacial score (nSPS) is 38.6. The topological polar surface area (TPSA) is 52.6 Å². The number of carbonyl (C=O) groups is 2. The van der Waals surface area contributed by atoms with E-state index < -0.39 is 5.79 Å². The van der Waals surface area contributed by atoms with E-state index in [-0.39, 0.29) is 29.5 Å². The van der Waals surface area contributed by atoms with Crippen LogP contribution in [0.4, 0.5) is 0 Å². The van der Waals surface area contributed by atoms with Gasteiger partial charge in [-0.2, -0.15) is 0 Å². The molecule has 0 aromatic rings. The van der Waals surface area contributed by atoms with Crippen molar-refractivity contribution in [1.29, 1.82) is 0 Å². The minimum absolute atomic E-state index is 0.0606. The second-order valence-electron chi connectivity index (χ2n) is 6.13. The maximum absolute atomic E-state index is 12.2. The Morgan fingerprint density at radius 1 is 1.12 bits per heavy atom. The van der Waals surface area contributed by atoms with Gasteiger partial charge in [0.1, 0.15) is 5.76 Å². The highest BCUT2D eigenvalue weighted by molar-refractivity contribution is 5.99. The van der Waals surface area contributed by atoms with Crippen LogP contribution in [0, 0.1) is 11.3 Å². The van der Waals surface area contributed by atoms with Gasteiger partial charge in [0.05, 0.1) is 12.3 Å². The molecule has 0 unspecified atom stereocenters. The third-order valence-corrected chi connectivity index (χ3v) is 3.87. The number of rotatable bonds is 0. The van der Waals surface area contributed by atoms with Gasteiger partial charge >= 0.3 is 5.97 Å². The molecule has 92 valence electrons. The SMILES string of the molecule is CC1(C)CC(=O)C2=C(C1)O[C@]1(C)OC(=O)C[C@@H]21. The maximum Gasteiger partial charge on any atom is 0.310 e. The first-order valence-corrected chi connectivity index (χ1v) is 5.98. The smallest absolute Gasteiger partial charge is 0.310 e. The van der Waals surface area contributed by atoms with Crippen molar-refractivity contribution < 1.29 is 19.1 Å². The highest BCUT2D eigenvalue weighted by atomic mass is 16.7. The monoisotopic (exact) mass is 236 g/mol. The van der Waals surface area contributed by atoms with Crippen molar-refractivity contribution in [2.24, 2.45) is 11.3 Å². The predicted octanol–water partition coefficient (Wildman–Crippen LogP) is 1.94. The fraction of sp³-hybridized carbons (Fsp3) is 0.692. The van der Waals surface area contributed by atoms with Gasteiger partial charge in [0, 0.05) is 25.3 Å². The number of carbonyl (C=O) groups excluding carboxylic acids is 2. The Morgan fingerprint density at radius 2 is 1.82 bits per heavy atom. The lowest BCUT2D eigenvalue weighted by Crippen LogP contribution is -2.31. The molecule has 2 heterocycles. The molecule has 0 spiro atoms. The summed E-state index contributed by atoms with van der Waals surface area (Å²) in [6.07, 6.45) is 1.54. The molecule has 1 fully saturated rings. The summed E-state index contributed by atoms with van der Waals surface area (Å²) < 4.78 is 11.0. The highest BCUT2D eigenvalue weighted by Crippen LogP contribution is 2.53. The number of fused-ring (bicyclic) bond motifs is 2. The van der Waals surface area contributed by atoms with Crippen molar-refractivity contribution in [2.45, 2.75) is 45.8 Å². The molecule has 3 rings (SSSR count). The summed E-state index contributed by atoms with van der Waals surface area (Å²) in [5.41, 5.74) is 0.646. The number of hydrogen-bond acceptors (Lipinski definition) is 4. The highest BCUT2D eigenvalue weighted by Gasteiger charge is 2.58. The van der Waals surface area contributed by atoms with Gasteiger partial charge in [-0.25, -0.2) is 0 Å². The molecule has 17 heavy (non-hydrogen) atoms.